The molecule has 3 heteroatoms. The number of carbonyl (C=O) groups excluding carboxylic acids is 1. The molecule has 3 fully saturated rings. The molecule has 1 heterocycles. The third-order valence-electron chi connectivity index (χ3n) is 7.90. The lowest BCUT2D eigenvalue weighted by Crippen LogP contribution is -2.55. The maximum absolute atomic E-state index is 11.5. The number of fused-ring (bicyclic) bond motifs is 5. The highest BCUT2D eigenvalue weighted by molar-refractivity contribution is 5.66. The van der Waals surface area contributed by atoms with Crippen molar-refractivity contribution in [2.24, 2.45) is 28.6 Å². The molecule has 0 aromatic heterocycles. The molecular formula is C20H30O3. The van der Waals surface area contributed by atoms with Crippen LogP contribution in [0.3, 0.4) is 0 Å². The lowest BCUT2D eigenvalue weighted by Gasteiger charge is -2.58. The van der Waals surface area contributed by atoms with Crippen molar-refractivity contribution in [2.45, 2.75) is 77.9 Å². The molecule has 23 heavy (non-hydrogen) atoms. The molecule has 0 aromatic carbocycles. The summed E-state index contributed by atoms with van der Waals surface area (Å²) in [4.78, 5) is 11.5. The molecule has 4 aliphatic rings. The third kappa shape index (κ3) is 2.18. The van der Waals surface area contributed by atoms with E-state index in [0.717, 1.165) is 24.7 Å². The second-order valence-electron chi connectivity index (χ2n) is 8.88. The summed E-state index contributed by atoms with van der Waals surface area (Å²) in [6, 6.07) is 0. The van der Waals surface area contributed by atoms with Gasteiger partial charge < -0.3 is 9.47 Å². The van der Waals surface area contributed by atoms with E-state index in [1.165, 1.54) is 32.1 Å². The first-order valence-electron chi connectivity index (χ1n) is 9.43. The third-order valence-corrected chi connectivity index (χ3v) is 7.90. The normalized spacial score (nSPS) is 51.2. The fourth-order valence-electron chi connectivity index (χ4n) is 6.73. The van der Waals surface area contributed by atoms with Crippen LogP contribution < -0.4 is 0 Å². The molecule has 3 nitrogen and oxygen atoms in total. The molecule has 0 saturated heterocycles. The van der Waals surface area contributed by atoms with Gasteiger partial charge in [0, 0.05) is 17.8 Å². The lowest BCUT2D eigenvalue weighted by molar-refractivity contribution is -0.164. The van der Waals surface area contributed by atoms with Gasteiger partial charge in [0.2, 0.25) is 0 Å². The van der Waals surface area contributed by atoms with E-state index in [1.807, 2.05) is 6.26 Å². The highest BCUT2D eigenvalue weighted by Crippen LogP contribution is 2.64. The van der Waals surface area contributed by atoms with Gasteiger partial charge in [-0.25, -0.2) is 0 Å². The summed E-state index contributed by atoms with van der Waals surface area (Å²) in [5.41, 5.74) is 0.500. The zero-order chi connectivity index (χ0) is 16.2. The van der Waals surface area contributed by atoms with Gasteiger partial charge in [0.1, 0.15) is 12.2 Å². The summed E-state index contributed by atoms with van der Waals surface area (Å²) in [7, 11) is 0. The minimum absolute atomic E-state index is 0.111. The Morgan fingerprint density at radius 3 is 2.65 bits per heavy atom. The van der Waals surface area contributed by atoms with E-state index in [9.17, 15) is 4.79 Å². The van der Waals surface area contributed by atoms with E-state index in [0.29, 0.717) is 17.4 Å². The van der Waals surface area contributed by atoms with Crippen LogP contribution in [0, 0.1) is 28.6 Å². The van der Waals surface area contributed by atoms with Gasteiger partial charge >= 0.3 is 5.97 Å². The van der Waals surface area contributed by atoms with Crippen molar-refractivity contribution in [1.82, 2.24) is 0 Å². The molecule has 0 aromatic rings. The number of esters is 1. The highest BCUT2D eigenvalue weighted by atomic mass is 16.5. The Kier molecular flexibility index (Phi) is 3.55. The second kappa shape index (κ2) is 5.26. The van der Waals surface area contributed by atoms with Crippen LogP contribution in [-0.4, -0.2) is 18.2 Å². The van der Waals surface area contributed by atoms with Crippen LogP contribution in [0.4, 0.5) is 0 Å². The summed E-state index contributed by atoms with van der Waals surface area (Å²) < 4.78 is 11.7. The Morgan fingerprint density at radius 1 is 1.09 bits per heavy atom. The molecule has 3 aliphatic carbocycles. The van der Waals surface area contributed by atoms with E-state index in [-0.39, 0.29) is 17.5 Å². The zero-order valence-electron chi connectivity index (χ0n) is 14.7. The molecular weight excluding hydrogens is 288 g/mol. The minimum Gasteiger partial charge on any atom is -0.498 e. The van der Waals surface area contributed by atoms with Gasteiger partial charge in [-0.1, -0.05) is 13.8 Å². The van der Waals surface area contributed by atoms with Gasteiger partial charge in [-0.3, -0.25) is 4.79 Å². The van der Waals surface area contributed by atoms with Crippen molar-refractivity contribution >= 4 is 5.97 Å². The number of carbonyl (C=O) groups is 1. The summed E-state index contributed by atoms with van der Waals surface area (Å²) in [5, 5.41) is 0. The molecule has 4 rings (SSSR count). The van der Waals surface area contributed by atoms with Gasteiger partial charge in [-0.05, 0) is 68.8 Å². The van der Waals surface area contributed by atoms with Gasteiger partial charge in [-0.15, -0.1) is 0 Å². The zero-order valence-corrected chi connectivity index (χ0v) is 14.7. The van der Waals surface area contributed by atoms with E-state index in [2.05, 4.69) is 19.9 Å². The summed E-state index contributed by atoms with van der Waals surface area (Å²) in [6.07, 6.45) is 13.1. The van der Waals surface area contributed by atoms with Crippen molar-refractivity contribution in [3.8, 4) is 0 Å². The quantitative estimate of drug-likeness (QED) is 0.669. The second-order valence-corrected chi connectivity index (χ2v) is 8.88. The maximum atomic E-state index is 11.5. The number of hydrogen-bond acceptors (Lipinski definition) is 3. The number of ether oxygens (including phenoxy) is 2. The first-order valence-corrected chi connectivity index (χ1v) is 9.43. The van der Waals surface area contributed by atoms with E-state index in [1.54, 1.807) is 6.92 Å². The average Bonchev–Trinajstić information content (AvgIpc) is 2.83. The Balaban J connectivity index is 1.60. The predicted octanol–water partition coefficient (Wildman–Crippen LogP) is 4.46. The topological polar surface area (TPSA) is 35.5 Å². The Labute approximate surface area is 139 Å². The maximum Gasteiger partial charge on any atom is 0.302 e. The summed E-state index contributed by atoms with van der Waals surface area (Å²) in [6.45, 7) is 6.40. The van der Waals surface area contributed by atoms with Gasteiger partial charge in [0.05, 0.1) is 6.26 Å². The molecule has 0 amide bonds. The van der Waals surface area contributed by atoms with Crippen LogP contribution in [0.15, 0.2) is 12.3 Å². The fourth-order valence-corrected chi connectivity index (χ4v) is 6.73. The highest BCUT2D eigenvalue weighted by Gasteiger charge is 2.60. The number of allylic oxidation sites excluding steroid dienone is 1. The van der Waals surface area contributed by atoms with Crippen LogP contribution in [0.25, 0.3) is 0 Å². The molecule has 7 atom stereocenters. The fraction of sp³-hybridized carbons (Fsp3) is 0.850. The summed E-state index contributed by atoms with van der Waals surface area (Å²) in [5.74, 6) is 2.15. The van der Waals surface area contributed by atoms with Gasteiger partial charge in [-0.2, -0.15) is 0 Å². The molecule has 0 N–H and O–H groups in total. The van der Waals surface area contributed by atoms with Crippen molar-refractivity contribution in [3.63, 3.8) is 0 Å². The largest absolute Gasteiger partial charge is 0.498 e. The first kappa shape index (κ1) is 15.5. The van der Waals surface area contributed by atoms with Gasteiger partial charge in [0.25, 0.3) is 0 Å². The van der Waals surface area contributed by atoms with Crippen LogP contribution in [0.1, 0.15) is 65.7 Å². The smallest absolute Gasteiger partial charge is 0.302 e. The van der Waals surface area contributed by atoms with E-state index < -0.39 is 0 Å². The molecule has 3 saturated carbocycles. The molecule has 0 spiro atoms. The summed E-state index contributed by atoms with van der Waals surface area (Å²) >= 11 is 0. The molecule has 0 radical (unpaired) electrons. The lowest BCUT2D eigenvalue weighted by atomic mass is 9.48. The Morgan fingerprint density at radius 2 is 1.87 bits per heavy atom. The monoisotopic (exact) mass is 318 g/mol. The van der Waals surface area contributed by atoms with Crippen molar-refractivity contribution in [3.05, 3.63) is 12.3 Å². The average molecular weight is 318 g/mol. The van der Waals surface area contributed by atoms with Gasteiger partial charge in [0.15, 0.2) is 0 Å². The minimum atomic E-state index is -0.111. The molecule has 128 valence electrons. The van der Waals surface area contributed by atoms with Crippen LogP contribution in [0.5, 0.6) is 0 Å². The van der Waals surface area contributed by atoms with Crippen molar-refractivity contribution in [2.75, 3.05) is 0 Å². The standard InChI is InChI=1S/C20H30O3/c1-13(21)23-18-8-6-15-14-5-7-17-19(2,10-4-12-22-17)16(14)9-11-20(15,18)3/h4,12,14-18H,5-11H2,1-3H3/t14-,15-,16-,17+,18-,19+,20-/m0/s1. The predicted molar refractivity (Wildman–Crippen MR) is 88.6 cm³/mol. The first-order chi connectivity index (χ1) is 10.9. The van der Waals surface area contributed by atoms with E-state index >= 15 is 0 Å². The van der Waals surface area contributed by atoms with Crippen LogP contribution in [0.2, 0.25) is 0 Å². The van der Waals surface area contributed by atoms with Crippen molar-refractivity contribution < 1.29 is 14.3 Å². The number of hydrogen-bond donors (Lipinski definition) is 0. The molecule has 1 aliphatic heterocycles. The van der Waals surface area contributed by atoms with Crippen LogP contribution >= 0.6 is 0 Å². The Hall–Kier alpha value is -0.990. The molecule has 0 bridgehead atoms. The SMILES string of the molecule is CC(=O)O[C@H]1CC[C@H]2[C@@H]3CC[C@H]4OC=CC[C@]4(C)[C@H]3CC[C@]12C. The van der Waals surface area contributed by atoms with Crippen LogP contribution in [-0.2, 0) is 14.3 Å². The van der Waals surface area contributed by atoms with Crippen molar-refractivity contribution in [1.29, 1.82) is 0 Å². The Bertz CT molecular complexity index is 527. The number of rotatable bonds is 1. The molecule has 0 unspecified atom stereocenters. The van der Waals surface area contributed by atoms with E-state index in [4.69, 9.17) is 9.47 Å².